The molecule has 1 aromatic heterocycles. The highest BCUT2D eigenvalue weighted by molar-refractivity contribution is 6.35. The summed E-state index contributed by atoms with van der Waals surface area (Å²) in [5.41, 5.74) is 2.03. The standard InChI is InChI=1S/C22H15Cl2N3O4/c23-15-7-6-14(18(24)10-15)12-27-20(28)19(25-22(27)31)11-17-5-2-8-26(17)16-4-1-3-13(9-16)21(29)30/h1-11H,12H2,(H,25,31)(H,29,30)/b19-11-. The molecule has 3 aromatic rings. The Morgan fingerprint density at radius 1 is 1.06 bits per heavy atom. The van der Waals surface area contributed by atoms with E-state index < -0.39 is 17.9 Å². The van der Waals surface area contributed by atoms with Crippen molar-refractivity contribution in [2.24, 2.45) is 0 Å². The van der Waals surface area contributed by atoms with Crippen LogP contribution < -0.4 is 5.32 Å². The van der Waals surface area contributed by atoms with Gasteiger partial charge in [0.05, 0.1) is 12.1 Å². The SMILES string of the molecule is O=C(O)c1cccc(-n2cccc2/C=C2\NC(=O)N(Cc3ccc(Cl)cc3Cl)C2=O)c1. The average Bonchev–Trinajstić information content (AvgIpc) is 3.30. The van der Waals surface area contributed by atoms with Crippen LogP contribution in [-0.4, -0.2) is 32.5 Å². The molecule has 1 aliphatic rings. The molecule has 0 spiro atoms. The number of nitrogens with one attached hydrogen (secondary N) is 1. The third kappa shape index (κ3) is 4.19. The van der Waals surface area contributed by atoms with E-state index >= 15 is 0 Å². The predicted octanol–water partition coefficient (Wildman–Crippen LogP) is 4.58. The summed E-state index contributed by atoms with van der Waals surface area (Å²) in [6.07, 6.45) is 3.27. The molecule has 31 heavy (non-hydrogen) atoms. The molecule has 2 heterocycles. The molecule has 2 aromatic carbocycles. The topological polar surface area (TPSA) is 91.6 Å². The van der Waals surface area contributed by atoms with E-state index in [4.69, 9.17) is 23.2 Å². The van der Waals surface area contributed by atoms with E-state index in [1.807, 2.05) is 0 Å². The number of carbonyl (C=O) groups is 3. The molecular weight excluding hydrogens is 441 g/mol. The van der Waals surface area contributed by atoms with Crippen LogP contribution in [0.4, 0.5) is 4.79 Å². The number of hydrogen-bond donors (Lipinski definition) is 2. The van der Waals surface area contributed by atoms with Crippen LogP contribution in [0.15, 0.2) is 66.5 Å². The number of urea groups is 1. The van der Waals surface area contributed by atoms with E-state index in [-0.39, 0.29) is 17.8 Å². The molecule has 1 aliphatic heterocycles. The molecular formula is C22H15Cl2N3O4. The van der Waals surface area contributed by atoms with E-state index in [1.54, 1.807) is 53.2 Å². The van der Waals surface area contributed by atoms with E-state index in [2.05, 4.69) is 5.32 Å². The Balaban J connectivity index is 1.62. The first-order valence-electron chi connectivity index (χ1n) is 9.13. The first kappa shape index (κ1) is 20.7. The van der Waals surface area contributed by atoms with Crippen molar-refractivity contribution >= 4 is 47.2 Å². The van der Waals surface area contributed by atoms with Crippen LogP contribution in [0, 0.1) is 0 Å². The normalized spacial score (nSPS) is 14.9. The van der Waals surface area contributed by atoms with Gasteiger partial charge in [0.25, 0.3) is 5.91 Å². The summed E-state index contributed by atoms with van der Waals surface area (Å²) in [6.45, 7) is -0.000320. The Bertz CT molecular complexity index is 1250. The summed E-state index contributed by atoms with van der Waals surface area (Å²) in [4.78, 5) is 37.5. The van der Waals surface area contributed by atoms with Crippen molar-refractivity contribution in [1.82, 2.24) is 14.8 Å². The molecule has 1 saturated heterocycles. The fourth-order valence-corrected chi connectivity index (χ4v) is 3.69. The number of nitrogens with zero attached hydrogens (tertiary/aromatic N) is 2. The van der Waals surface area contributed by atoms with Crippen LogP contribution in [0.25, 0.3) is 11.8 Å². The lowest BCUT2D eigenvalue weighted by Crippen LogP contribution is -2.30. The van der Waals surface area contributed by atoms with Gasteiger partial charge in [-0.1, -0.05) is 35.3 Å². The number of aromatic carboxylic acids is 1. The Morgan fingerprint density at radius 3 is 2.61 bits per heavy atom. The molecule has 3 amide bonds. The van der Waals surface area contributed by atoms with Crippen molar-refractivity contribution < 1.29 is 19.5 Å². The lowest BCUT2D eigenvalue weighted by Gasteiger charge is -2.13. The van der Waals surface area contributed by atoms with Gasteiger partial charge in [-0.3, -0.25) is 9.69 Å². The molecule has 0 aliphatic carbocycles. The number of carbonyl (C=O) groups excluding carboxylic acids is 2. The van der Waals surface area contributed by atoms with Gasteiger partial charge in [0.1, 0.15) is 5.70 Å². The Kier molecular flexibility index (Phi) is 5.54. The minimum atomic E-state index is -1.04. The van der Waals surface area contributed by atoms with Gasteiger partial charge in [-0.2, -0.15) is 0 Å². The van der Waals surface area contributed by atoms with Gasteiger partial charge in [0, 0.05) is 27.6 Å². The molecule has 156 valence electrons. The van der Waals surface area contributed by atoms with Crippen LogP contribution in [0.1, 0.15) is 21.6 Å². The summed E-state index contributed by atoms with van der Waals surface area (Å²) in [5.74, 6) is -1.54. The second-order valence-electron chi connectivity index (χ2n) is 6.77. The molecule has 0 radical (unpaired) electrons. The predicted molar refractivity (Wildman–Crippen MR) is 116 cm³/mol. The number of carboxylic acid groups (broad SMARTS) is 1. The second kappa shape index (κ2) is 8.29. The fraction of sp³-hybridized carbons (Fsp3) is 0.0455. The zero-order valence-corrected chi connectivity index (χ0v) is 17.4. The van der Waals surface area contributed by atoms with Crippen LogP contribution >= 0.6 is 23.2 Å². The van der Waals surface area contributed by atoms with Gasteiger partial charge in [-0.25, -0.2) is 9.59 Å². The van der Waals surface area contributed by atoms with Gasteiger partial charge in [0.2, 0.25) is 0 Å². The molecule has 0 unspecified atom stereocenters. The third-order valence-corrected chi connectivity index (χ3v) is 5.34. The largest absolute Gasteiger partial charge is 0.478 e. The number of hydrogen-bond acceptors (Lipinski definition) is 3. The first-order valence-corrected chi connectivity index (χ1v) is 9.88. The smallest absolute Gasteiger partial charge is 0.335 e. The van der Waals surface area contributed by atoms with Crippen LogP contribution in [-0.2, 0) is 11.3 Å². The molecule has 0 saturated carbocycles. The van der Waals surface area contributed by atoms with Gasteiger partial charge in [-0.15, -0.1) is 0 Å². The summed E-state index contributed by atoms with van der Waals surface area (Å²) >= 11 is 12.1. The zero-order chi connectivity index (χ0) is 22.1. The molecule has 4 rings (SSSR count). The van der Waals surface area contributed by atoms with E-state index in [1.165, 1.54) is 18.2 Å². The lowest BCUT2D eigenvalue weighted by molar-refractivity contribution is -0.123. The van der Waals surface area contributed by atoms with E-state index in [9.17, 15) is 19.5 Å². The molecule has 0 bridgehead atoms. The molecule has 0 atom stereocenters. The summed E-state index contributed by atoms with van der Waals surface area (Å²) in [7, 11) is 0. The van der Waals surface area contributed by atoms with Crippen molar-refractivity contribution in [3.05, 3.63) is 93.4 Å². The molecule has 1 fully saturated rings. The minimum absolute atomic E-state index is 0.000320. The van der Waals surface area contributed by atoms with Crippen LogP contribution in [0.3, 0.4) is 0 Å². The zero-order valence-electron chi connectivity index (χ0n) is 15.9. The number of amides is 3. The third-order valence-electron chi connectivity index (χ3n) is 4.75. The van der Waals surface area contributed by atoms with Crippen molar-refractivity contribution in [3.8, 4) is 5.69 Å². The quantitative estimate of drug-likeness (QED) is 0.435. The number of imide groups is 1. The van der Waals surface area contributed by atoms with Crippen molar-refractivity contribution in [1.29, 1.82) is 0 Å². The highest BCUT2D eigenvalue weighted by atomic mass is 35.5. The average molecular weight is 456 g/mol. The minimum Gasteiger partial charge on any atom is -0.478 e. The van der Waals surface area contributed by atoms with Crippen molar-refractivity contribution in [3.63, 3.8) is 0 Å². The number of rotatable bonds is 5. The Morgan fingerprint density at radius 2 is 1.87 bits per heavy atom. The number of benzene rings is 2. The summed E-state index contributed by atoms with van der Waals surface area (Å²) < 4.78 is 1.72. The maximum Gasteiger partial charge on any atom is 0.335 e. The first-order chi connectivity index (χ1) is 14.8. The van der Waals surface area contributed by atoms with Gasteiger partial charge < -0.3 is 15.0 Å². The second-order valence-corrected chi connectivity index (χ2v) is 7.62. The molecule has 2 N–H and O–H groups in total. The lowest BCUT2D eigenvalue weighted by atomic mass is 10.2. The molecule has 9 heteroatoms. The van der Waals surface area contributed by atoms with Gasteiger partial charge >= 0.3 is 12.0 Å². The monoisotopic (exact) mass is 455 g/mol. The Hall–Kier alpha value is -3.55. The number of halogens is 2. The highest BCUT2D eigenvalue weighted by Gasteiger charge is 2.34. The maximum absolute atomic E-state index is 12.8. The van der Waals surface area contributed by atoms with E-state index in [0.717, 1.165) is 4.90 Å². The van der Waals surface area contributed by atoms with Crippen LogP contribution in [0.2, 0.25) is 10.0 Å². The van der Waals surface area contributed by atoms with Gasteiger partial charge in [-0.05, 0) is 54.1 Å². The van der Waals surface area contributed by atoms with Crippen LogP contribution in [0.5, 0.6) is 0 Å². The van der Waals surface area contributed by atoms with Crippen molar-refractivity contribution in [2.75, 3.05) is 0 Å². The van der Waals surface area contributed by atoms with Crippen molar-refractivity contribution in [2.45, 2.75) is 6.54 Å². The molecule has 7 nitrogen and oxygen atoms in total. The summed E-state index contributed by atoms with van der Waals surface area (Å²) in [6, 6.07) is 14.2. The fourth-order valence-electron chi connectivity index (χ4n) is 3.22. The maximum atomic E-state index is 12.8. The van der Waals surface area contributed by atoms with E-state index in [0.29, 0.717) is 27.0 Å². The number of aromatic nitrogens is 1. The highest BCUT2D eigenvalue weighted by Crippen LogP contribution is 2.25. The summed E-state index contributed by atoms with van der Waals surface area (Å²) in [5, 5.41) is 12.6. The number of carboxylic acids is 1. The van der Waals surface area contributed by atoms with Gasteiger partial charge in [0.15, 0.2) is 0 Å². The Labute approximate surface area is 187 Å².